The lowest BCUT2D eigenvalue weighted by atomic mass is 10.0. The van der Waals surface area contributed by atoms with Crippen molar-refractivity contribution in [1.82, 2.24) is 4.57 Å². The average Bonchev–Trinajstić information content (AvgIpc) is 2.49. The van der Waals surface area contributed by atoms with E-state index in [-0.39, 0.29) is 22.7 Å². The predicted molar refractivity (Wildman–Crippen MR) is 79.6 cm³/mol. The number of aromatic nitrogens is 1. The molecule has 0 radical (unpaired) electrons. The van der Waals surface area contributed by atoms with Crippen molar-refractivity contribution < 1.29 is 22.6 Å². The number of nitrogens with zero attached hydrogens (tertiary/aromatic N) is 1. The van der Waals surface area contributed by atoms with Crippen molar-refractivity contribution in [2.75, 3.05) is 20.0 Å². The zero-order chi connectivity index (χ0) is 17.4. The number of hydrogen-bond donors (Lipinski definition) is 1. The molecular weight excluding hydrogens is 313 g/mol. The number of pyridine rings is 1. The topological polar surface area (TPSA) is 66.5 Å². The van der Waals surface area contributed by atoms with Crippen molar-refractivity contribution in [2.24, 2.45) is 7.05 Å². The maximum atomic E-state index is 13.0. The molecule has 0 aliphatic heterocycles. The zero-order valence-electron chi connectivity index (χ0n) is 12.7. The molecule has 124 valence electrons. The number of anilines is 1. The fourth-order valence-corrected chi connectivity index (χ4v) is 2.18. The van der Waals surface area contributed by atoms with Gasteiger partial charge in [-0.1, -0.05) is 0 Å². The third kappa shape index (κ3) is 3.10. The lowest BCUT2D eigenvalue weighted by Gasteiger charge is -2.14. The highest BCUT2D eigenvalue weighted by molar-refractivity contribution is 5.75. The molecule has 23 heavy (non-hydrogen) atoms. The summed E-state index contributed by atoms with van der Waals surface area (Å²) < 4.78 is 50.1. The molecule has 0 unspecified atom stereocenters. The second-order valence-electron chi connectivity index (χ2n) is 4.85. The third-order valence-electron chi connectivity index (χ3n) is 3.37. The molecule has 1 aromatic heterocycles. The number of nitrogen functional groups attached to an aromatic ring is 1. The molecular formula is C15H15F3N2O3. The lowest BCUT2D eigenvalue weighted by Crippen LogP contribution is -2.26. The number of rotatable bonds is 3. The number of halogens is 3. The van der Waals surface area contributed by atoms with Crippen LogP contribution in [-0.2, 0) is 13.2 Å². The van der Waals surface area contributed by atoms with Crippen LogP contribution in [0.3, 0.4) is 0 Å². The Hall–Kier alpha value is -2.64. The molecule has 0 fully saturated rings. The zero-order valence-corrected chi connectivity index (χ0v) is 12.7. The van der Waals surface area contributed by atoms with E-state index in [1.807, 2.05) is 0 Å². The van der Waals surface area contributed by atoms with E-state index in [1.54, 1.807) is 0 Å². The van der Waals surface area contributed by atoms with Gasteiger partial charge in [0.1, 0.15) is 22.7 Å². The first-order chi connectivity index (χ1) is 10.7. The highest BCUT2D eigenvalue weighted by atomic mass is 19.4. The summed E-state index contributed by atoms with van der Waals surface area (Å²) >= 11 is 0. The number of methoxy groups -OCH3 is 2. The van der Waals surface area contributed by atoms with Gasteiger partial charge >= 0.3 is 6.18 Å². The Morgan fingerprint density at radius 2 is 1.57 bits per heavy atom. The number of benzene rings is 1. The summed E-state index contributed by atoms with van der Waals surface area (Å²) in [6.07, 6.45) is -3.44. The smallest absolute Gasteiger partial charge is 0.421 e. The van der Waals surface area contributed by atoms with Gasteiger partial charge in [-0.25, -0.2) is 0 Å². The van der Waals surface area contributed by atoms with Gasteiger partial charge in [-0.2, -0.15) is 13.2 Å². The van der Waals surface area contributed by atoms with E-state index < -0.39 is 17.3 Å². The van der Waals surface area contributed by atoms with Gasteiger partial charge in [-0.15, -0.1) is 0 Å². The summed E-state index contributed by atoms with van der Waals surface area (Å²) in [4.78, 5) is 11.7. The van der Waals surface area contributed by atoms with Crippen LogP contribution in [0.15, 0.2) is 29.2 Å². The molecule has 0 atom stereocenters. The number of nitrogens with two attached hydrogens (primary N) is 1. The van der Waals surface area contributed by atoms with Crippen LogP contribution in [0.1, 0.15) is 5.56 Å². The third-order valence-corrected chi connectivity index (χ3v) is 3.37. The summed E-state index contributed by atoms with van der Waals surface area (Å²) in [5.41, 5.74) is 4.27. The summed E-state index contributed by atoms with van der Waals surface area (Å²) in [6, 6.07) is 3.77. The molecule has 0 amide bonds. The summed E-state index contributed by atoms with van der Waals surface area (Å²) in [6.45, 7) is 0. The summed E-state index contributed by atoms with van der Waals surface area (Å²) in [7, 11) is 4.03. The molecule has 2 N–H and O–H groups in total. The Morgan fingerprint density at radius 3 is 2.00 bits per heavy atom. The minimum Gasteiger partial charge on any atom is -0.494 e. The van der Waals surface area contributed by atoms with E-state index in [0.29, 0.717) is 5.56 Å². The van der Waals surface area contributed by atoms with Gasteiger partial charge in [-0.3, -0.25) is 4.79 Å². The lowest BCUT2D eigenvalue weighted by molar-refractivity contribution is -0.138. The molecule has 0 saturated heterocycles. The maximum Gasteiger partial charge on any atom is 0.421 e. The van der Waals surface area contributed by atoms with Gasteiger partial charge in [-0.05, 0) is 29.3 Å². The highest BCUT2D eigenvalue weighted by Crippen LogP contribution is 2.38. The Kier molecular flexibility index (Phi) is 4.26. The monoisotopic (exact) mass is 328 g/mol. The van der Waals surface area contributed by atoms with Crippen molar-refractivity contribution in [3.8, 4) is 22.6 Å². The second kappa shape index (κ2) is 5.86. The van der Waals surface area contributed by atoms with E-state index in [4.69, 9.17) is 15.2 Å². The first-order valence-corrected chi connectivity index (χ1v) is 6.48. The minimum atomic E-state index is -4.74. The molecule has 0 aliphatic carbocycles. The van der Waals surface area contributed by atoms with Gasteiger partial charge in [0.15, 0.2) is 0 Å². The first-order valence-electron chi connectivity index (χ1n) is 6.48. The van der Waals surface area contributed by atoms with Crippen LogP contribution in [-0.4, -0.2) is 18.8 Å². The molecule has 1 aromatic carbocycles. The molecule has 2 aromatic rings. The Bertz CT molecular complexity index is 773. The van der Waals surface area contributed by atoms with E-state index >= 15 is 0 Å². The van der Waals surface area contributed by atoms with Gasteiger partial charge in [0.2, 0.25) is 0 Å². The second-order valence-corrected chi connectivity index (χ2v) is 4.85. The van der Waals surface area contributed by atoms with E-state index in [1.165, 1.54) is 39.6 Å². The van der Waals surface area contributed by atoms with Gasteiger partial charge in [0.05, 0.1) is 14.2 Å². The highest BCUT2D eigenvalue weighted by Gasteiger charge is 2.34. The number of alkyl halides is 3. The molecule has 0 bridgehead atoms. The number of hydrogen-bond acceptors (Lipinski definition) is 4. The fourth-order valence-electron chi connectivity index (χ4n) is 2.18. The van der Waals surface area contributed by atoms with E-state index in [2.05, 4.69) is 0 Å². The van der Waals surface area contributed by atoms with Crippen LogP contribution in [0, 0.1) is 0 Å². The molecule has 5 nitrogen and oxygen atoms in total. The number of ether oxygens (including phenoxy) is 2. The SMILES string of the molecule is COc1cc(-c2cc(C(F)(F)F)c(=O)n(C)c2)cc(OC)c1N. The van der Waals surface area contributed by atoms with Crippen LogP contribution in [0.5, 0.6) is 11.5 Å². The summed E-state index contributed by atoms with van der Waals surface area (Å²) in [5.74, 6) is 0.531. The molecule has 0 spiro atoms. The Morgan fingerprint density at radius 1 is 1.04 bits per heavy atom. The Labute approximate surface area is 130 Å². The average molecular weight is 328 g/mol. The van der Waals surface area contributed by atoms with Crippen molar-refractivity contribution in [3.05, 3.63) is 40.3 Å². The fraction of sp³-hybridized carbons (Fsp3) is 0.267. The number of aryl methyl sites for hydroxylation is 1. The standard InChI is InChI=1S/C15H15F3N2O3/c1-20-7-9(4-10(14(20)21)15(16,17)18)8-5-11(22-2)13(19)12(6-8)23-3/h4-7H,19H2,1-3H3. The van der Waals surface area contributed by atoms with Crippen molar-refractivity contribution >= 4 is 5.69 Å². The normalized spacial score (nSPS) is 11.4. The van der Waals surface area contributed by atoms with Crippen LogP contribution < -0.4 is 20.8 Å². The quantitative estimate of drug-likeness (QED) is 0.880. The van der Waals surface area contributed by atoms with Gasteiger partial charge in [0, 0.05) is 13.2 Å². The van der Waals surface area contributed by atoms with E-state index in [0.717, 1.165) is 10.6 Å². The molecule has 8 heteroatoms. The van der Waals surface area contributed by atoms with Crippen molar-refractivity contribution in [3.63, 3.8) is 0 Å². The largest absolute Gasteiger partial charge is 0.494 e. The van der Waals surface area contributed by atoms with Gasteiger partial charge in [0.25, 0.3) is 5.56 Å². The molecule has 1 heterocycles. The van der Waals surface area contributed by atoms with Crippen LogP contribution >= 0.6 is 0 Å². The first kappa shape index (κ1) is 16.7. The predicted octanol–water partition coefficient (Wildman–Crippen LogP) is 2.67. The van der Waals surface area contributed by atoms with Crippen LogP contribution in [0.2, 0.25) is 0 Å². The molecule has 0 aliphatic rings. The molecule has 2 rings (SSSR count). The van der Waals surface area contributed by atoms with Crippen molar-refractivity contribution in [2.45, 2.75) is 6.18 Å². The Balaban J connectivity index is 2.72. The maximum absolute atomic E-state index is 13.0. The van der Waals surface area contributed by atoms with Crippen LogP contribution in [0.25, 0.3) is 11.1 Å². The van der Waals surface area contributed by atoms with Gasteiger partial charge < -0.3 is 19.8 Å². The minimum absolute atomic E-state index is 0.191. The van der Waals surface area contributed by atoms with Crippen molar-refractivity contribution in [1.29, 1.82) is 0 Å². The van der Waals surface area contributed by atoms with E-state index in [9.17, 15) is 18.0 Å². The summed E-state index contributed by atoms with van der Waals surface area (Å²) in [5, 5.41) is 0. The van der Waals surface area contributed by atoms with Crippen LogP contribution in [0.4, 0.5) is 18.9 Å². The molecule has 0 saturated carbocycles.